The zero-order valence-corrected chi connectivity index (χ0v) is 36.6. The molecule has 3 aromatic rings. The predicted molar refractivity (Wildman–Crippen MR) is 213 cm³/mol. The summed E-state index contributed by atoms with van der Waals surface area (Å²) in [6, 6.07) is 9.46. The predicted octanol–water partition coefficient (Wildman–Crippen LogP) is 1.93. The van der Waals surface area contributed by atoms with Crippen molar-refractivity contribution >= 4 is 95.1 Å². The molecule has 0 spiro atoms. The van der Waals surface area contributed by atoms with Crippen LogP contribution >= 0.6 is 0 Å². The fourth-order valence-electron chi connectivity index (χ4n) is 4.72. The lowest BCUT2D eigenvalue weighted by molar-refractivity contribution is 0.282. The lowest BCUT2D eigenvalue weighted by Gasteiger charge is -2.26. The van der Waals surface area contributed by atoms with Crippen molar-refractivity contribution in [3.8, 4) is 6.07 Å². The highest BCUT2D eigenvalue weighted by Crippen LogP contribution is 2.39. The van der Waals surface area contributed by atoms with Gasteiger partial charge in [-0.2, -0.15) is 49.2 Å². The Kier molecular flexibility index (Phi) is 16.6. The van der Waals surface area contributed by atoms with Gasteiger partial charge < -0.3 is 9.80 Å². The van der Waals surface area contributed by atoms with Gasteiger partial charge in [-0.3, -0.25) is 18.2 Å². The van der Waals surface area contributed by atoms with Gasteiger partial charge in [0.2, 0.25) is 0 Å². The average molecular weight is 977 g/mol. The first-order valence-electron chi connectivity index (χ1n) is 16.5. The number of aromatic nitrogens is 1. The topological polar surface area (TPSA) is 397 Å². The van der Waals surface area contributed by atoms with E-state index < -0.39 is 119 Å². The summed E-state index contributed by atoms with van der Waals surface area (Å²) in [5.41, 5.74) is -1.03. The van der Waals surface area contributed by atoms with E-state index in [-0.39, 0.29) is 46.4 Å². The van der Waals surface area contributed by atoms with E-state index in [0.29, 0.717) is 0 Å². The average Bonchev–Trinajstić information content (AvgIpc) is 3.12. The molecule has 3 rings (SSSR count). The standard InChI is InChI=1S/C29H36N8O18S6/c1-20-24(19-30)28(36(2)10-14-56(38,39)16-12-54-60(48,49)50)31-29(37(3)11-15-57(40,41)17-13-55-61(51,52)53)27(20)35-34-25-9-6-22(18-26(25)59(45,46)47)33-32-21-4-7-23(8-5-21)58(42,43)44/h4-9,18H,10-17H2,1-3H3,(H,42,43,44)(H,45,46,47)(H,48,49,50)(H,51,52,53)/b33-32+,35-34+. The van der Waals surface area contributed by atoms with Crippen LogP contribution < -0.4 is 9.80 Å². The van der Waals surface area contributed by atoms with Crippen molar-refractivity contribution in [2.45, 2.75) is 16.7 Å². The normalized spacial score (nSPS) is 13.1. The zero-order chi connectivity index (χ0) is 46.2. The van der Waals surface area contributed by atoms with Crippen LogP contribution in [0.5, 0.6) is 0 Å². The van der Waals surface area contributed by atoms with Gasteiger partial charge in [0, 0.05) is 32.7 Å². The Labute approximate surface area is 350 Å². The second kappa shape index (κ2) is 20.0. The van der Waals surface area contributed by atoms with E-state index >= 15 is 0 Å². The third kappa shape index (κ3) is 16.3. The Hall–Kier alpha value is -4.66. The highest BCUT2D eigenvalue weighted by Gasteiger charge is 2.25. The number of anilines is 2. The summed E-state index contributed by atoms with van der Waals surface area (Å²) in [6.07, 6.45) is 0. The molecule has 32 heteroatoms. The molecule has 0 unspecified atom stereocenters. The largest absolute Gasteiger partial charge is 0.397 e. The number of pyridine rings is 1. The number of nitriles is 1. The van der Waals surface area contributed by atoms with Gasteiger partial charge in [-0.05, 0) is 49.4 Å². The van der Waals surface area contributed by atoms with Crippen molar-refractivity contribution in [3.63, 3.8) is 0 Å². The molecule has 0 radical (unpaired) electrons. The van der Waals surface area contributed by atoms with Crippen LogP contribution in [0.3, 0.4) is 0 Å². The molecule has 0 aliphatic heterocycles. The summed E-state index contributed by atoms with van der Waals surface area (Å²) < 4.78 is 186. The molecule has 1 aromatic heterocycles. The molecule has 26 nitrogen and oxygen atoms in total. The number of rotatable bonds is 22. The second-order valence-corrected chi connectivity index (χ2v) is 22.0. The third-order valence-corrected chi connectivity index (χ3v) is 13.7. The zero-order valence-electron chi connectivity index (χ0n) is 31.7. The highest BCUT2D eigenvalue weighted by molar-refractivity contribution is 7.91. The Morgan fingerprint density at radius 2 is 1.11 bits per heavy atom. The number of sulfone groups is 2. The van der Waals surface area contributed by atoms with Crippen LogP contribution in [-0.4, -0.2) is 137 Å². The van der Waals surface area contributed by atoms with Gasteiger partial charge in [-0.25, -0.2) is 30.2 Å². The fraction of sp³-hybridized carbons (Fsp3) is 0.379. The monoisotopic (exact) mass is 976 g/mol. The first-order chi connectivity index (χ1) is 27.9. The van der Waals surface area contributed by atoms with Gasteiger partial charge in [0.05, 0.1) is 58.1 Å². The van der Waals surface area contributed by atoms with E-state index in [0.717, 1.165) is 24.3 Å². The van der Waals surface area contributed by atoms with E-state index in [9.17, 15) is 60.3 Å². The molecule has 336 valence electrons. The van der Waals surface area contributed by atoms with E-state index in [1.165, 1.54) is 49.0 Å². The minimum absolute atomic E-state index is 0.00221. The molecule has 0 aliphatic rings. The van der Waals surface area contributed by atoms with Crippen molar-refractivity contribution in [2.75, 3.05) is 73.2 Å². The van der Waals surface area contributed by atoms with E-state index in [1.54, 1.807) is 0 Å². The molecule has 0 amide bonds. The minimum Gasteiger partial charge on any atom is -0.357 e. The molecular formula is C29H36N8O18S6. The molecule has 1 heterocycles. The number of hydrogen-bond donors (Lipinski definition) is 4. The summed E-state index contributed by atoms with van der Waals surface area (Å²) in [7, 11) is -24.9. The van der Waals surface area contributed by atoms with E-state index in [1.807, 2.05) is 6.07 Å². The summed E-state index contributed by atoms with van der Waals surface area (Å²) in [6.45, 7) is -1.23. The Morgan fingerprint density at radius 3 is 1.57 bits per heavy atom. The highest BCUT2D eigenvalue weighted by atomic mass is 32.3. The van der Waals surface area contributed by atoms with Crippen molar-refractivity contribution < 1.29 is 77.1 Å². The summed E-state index contributed by atoms with van der Waals surface area (Å²) >= 11 is 0. The first kappa shape index (κ1) is 50.7. The lowest BCUT2D eigenvalue weighted by atomic mass is 10.1. The van der Waals surface area contributed by atoms with Gasteiger partial charge in [0.15, 0.2) is 25.5 Å². The van der Waals surface area contributed by atoms with Crippen LogP contribution in [0, 0.1) is 18.3 Å². The third-order valence-electron chi connectivity index (χ3n) is 7.84. The van der Waals surface area contributed by atoms with Crippen LogP contribution in [0.1, 0.15) is 11.1 Å². The van der Waals surface area contributed by atoms with Crippen molar-refractivity contribution in [1.29, 1.82) is 5.26 Å². The van der Waals surface area contributed by atoms with Crippen molar-refractivity contribution in [1.82, 2.24) is 4.98 Å². The Morgan fingerprint density at radius 1 is 0.639 bits per heavy atom. The van der Waals surface area contributed by atoms with Crippen molar-refractivity contribution in [3.05, 3.63) is 53.6 Å². The number of benzene rings is 2. The molecular weight excluding hydrogens is 941 g/mol. The minimum atomic E-state index is -5.07. The lowest BCUT2D eigenvalue weighted by Crippen LogP contribution is -2.31. The molecule has 4 N–H and O–H groups in total. The number of azo groups is 2. The molecule has 61 heavy (non-hydrogen) atoms. The fourth-order valence-corrected chi connectivity index (χ4v) is 8.83. The van der Waals surface area contributed by atoms with Crippen molar-refractivity contribution in [2.24, 2.45) is 20.5 Å². The summed E-state index contributed by atoms with van der Waals surface area (Å²) in [4.78, 5) is 5.60. The van der Waals surface area contributed by atoms with Gasteiger partial charge >= 0.3 is 20.8 Å². The SMILES string of the molecule is Cc1c(C#N)c(N(C)CCS(=O)(=O)CCOS(=O)(=O)O)nc(N(C)CCS(=O)(=O)CCOS(=O)(=O)O)c1/N=N/c1ccc(/N=N/c2ccc(S(=O)(=O)O)cc2)cc1S(=O)(=O)O. The van der Waals surface area contributed by atoms with Crippen LogP contribution in [0.4, 0.5) is 34.4 Å². The summed E-state index contributed by atoms with van der Waals surface area (Å²) in [5.74, 6) is -3.38. The molecule has 0 saturated carbocycles. The van der Waals surface area contributed by atoms with Crippen LogP contribution in [-0.2, 0) is 69.1 Å². The van der Waals surface area contributed by atoms with Gasteiger partial charge in [0.1, 0.15) is 28.2 Å². The summed E-state index contributed by atoms with van der Waals surface area (Å²) in [5, 5.41) is 25.9. The molecule has 2 aromatic carbocycles. The van der Waals surface area contributed by atoms with E-state index in [2.05, 4.69) is 33.8 Å². The molecule has 0 atom stereocenters. The van der Waals surface area contributed by atoms with Gasteiger partial charge in [-0.1, -0.05) is 0 Å². The number of hydrogen-bond acceptors (Lipinski definition) is 22. The number of nitrogens with zero attached hydrogens (tertiary/aromatic N) is 8. The van der Waals surface area contributed by atoms with Crippen LogP contribution in [0.15, 0.2) is 72.7 Å². The van der Waals surface area contributed by atoms with Crippen LogP contribution in [0.2, 0.25) is 0 Å². The maximum absolute atomic E-state index is 12.7. The molecule has 0 fully saturated rings. The Bertz CT molecular complexity index is 2900. The molecule has 0 bridgehead atoms. The van der Waals surface area contributed by atoms with Gasteiger partial charge in [-0.15, -0.1) is 10.2 Å². The Balaban J connectivity index is 2.08. The maximum Gasteiger partial charge on any atom is 0.397 e. The quantitative estimate of drug-likeness (QED) is 0.0825. The van der Waals surface area contributed by atoms with E-state index in [4.69, 9.17) is 13.7 Å². The smallest absolute Gasteiger partial charge is 0.357 e. The first-order valence-corrected chi connectivity index (χ1v) is 25.7. The second-order valence-electron chi connectivity index (χ2n) is 12.4. The maximum atomic E-state index is 12.7. The van der Waals surface area contributed by atoms with Crippen LogP contribution in [0.25, 0.3) is 0 Å². The van der Waals surface area contributed by atoms with Gasteiger partial charge in [0.25, 0.3) is 20.2 Å². The molecule has 0 aliphatic carbocycles. The molecule has 0 saturated heterocycles.